The summed E-state index contributed by atoms with van der Waals surface area (Å²) in [5.74, 6) is 0.526. The maximum atomic E-state index is 11.1. The summed E-state index contributed by atoms with van der Waals surface area (Å²) in [5.41, 5.74) is 1.43. The maximum absolute atomic E-state index is 11.1. The van der Waals surface area contributed by atoms with Gasteiger partial charge in [-0.05, 0) is 25.5 Å². The molecular formula is C10H11ClO2. The Labute approximate surface area is 82.5 Å². The van der Waals surface area contributed by atoms with E-state index in [1.807, 2.05) is 13.0 Å². The van der Waals surface area contributed by atoms with E-state index in [0.29, 0.717) is 16.3 Å². The van der Waals surface area contributed by atoms with E-state index in [2.05, 4.69) is 0 Å². The second-order valence-corrected chi connectivity index (χ2v) is 3.21. The first-order chi connectivity index (χ1) is 6.07. The molecule has 0 atom stereocenters. The summed E-state index contributed by atoms with van der Waals surface area (Å²) < 4.78 is 5.08. The number of aryl methyl sites for hydroxylation is 1. The van der Waals surface area contributed by atoms with Gasteiger partial charge < -0.3 is 4.74 Å². The predicted molar refractivity (Wildman–Crippen MR) is 52.7 cm³/mol. The third kappa shape index (κ3) is 1.83. The van der Waals surface area contributed by atoms with Crippen LogP contribution in [0.4, 0.5) is 0 Å². The number of benzene rings is 1. The zero-order valence-corrected chi connectivity index (χ0v) is 8.61. The van der Waals surface area contributed by atoms with Gasteiger partial charge in [-0.2, -0.15) is 0 Å². The zero-order valence-electron chi connectivity index (χ0n) is 7.85. The van der Waals surface area contributed by atoms with Gasteiger partial charge in [-0.3, -0.25) is 4.79 Å². The Balaban J connectivity index is 3.35. The van der Waals surface area contributed by atoms with Gasteiger partial charge in [0.25, 0.3) is 0 Å². The zero-order chi connectivity index (χ0) is 10.0. The van der Waals surface area contributed by atoms with E-state index >= 15 is 0 Å². The van der Waals surface area contributed by atoms with Crippen molar-refractivity contribution in [2.45, 2.75) is 13.8 Å². The van der Waals surface area contributed by atoms with E-state index < -0.39 is 0 Å². The number of hydrogen-bond donors (Lipinski definition) is 0. The summed E-state index contributed by atoms with van der Waals surface area (Å²) in [5, 5.41) is 0.398. The van der Waals surface area contributed by atoms with Gasteiger partial charge in [0, 0.05) is 5.56 Å². The van der Waals surface area contributed by atoms with Crippen LogP contribution in [0.2, 0.25) is 5.02 Å². The van der Waals surface area contributed by atoms with Crippen LogP contribution in [0.25, 0.3) is 0 Å². The highest BCUT2D eigenvalue weighted by atomic mass is 35.5. The first-order valence-corrected chi connectivity index (χ1v) is 4.29. The van der Waals surface area contributed by atoms with Crippen LogP contribution < -0.4 is 4.74 Å². The fourth-order valence-electron chi connectivity index (χ4n) is 1.18. The summed E-state index contributed by atoms with van der Waals surface area (Å²) in [6.45, 7) is 3.37. The molecular weight excluding hydrogens is 188 g/mol. The van der Waals surface area contributed by atoms with Crippen molar-refractivity contribution in [1.29, 1.82) is 0 Å². The Bertz CT molecular complexity index is 345. The second-order valence-electron chi connectivity index (χ2n) is 2.83. The Morgan fingerprint density at radius 3 is 2.54 bits per heavy atom. The van der Waals surface area contributed by atoms with Gasteiger partial charge >= 0.3 is 0 Å². The Morgan fingerprint density at radius 1 is 1.46 bits per heavy atom. The van der Waals surface area contributed by atoms with E-state index in [4.69, 9.17) is 16.3 Å². The summed E-state index contributed by atoms with van der Waals surface area (Å²) >= 11 is 5.96. The topological polar surface area (TPSA) is 26.3 Å². The molecule has 3 heteroatoms. The third-order valence-corrected chi connectivity index (χ3v) is 2.25. The summed E-state index contributed by atoms with van der Waals surface area (Å²) in [6.07, 6.45) is 0. The second kappa shape index (κ2) is 3.79. The lowest BCUT2D eigenvalue weighted by atomic mass is 10.1. The molecule has 1 rings (SSSR count). The average molecular weight is 199 g/mol. The normalized spacial score (nSPS) is 9.85. The molecule has 70 valence electrons. The fourth-order valence-corrected chi connectivity index (χ4v) is 1.60. The summed E-state index contributed by atoms with van der Waals surface area (Å²) in [6, 6.07) is 3.53. The van der Waals surface area contributed by atoms with Crippen molar-refractivity contribution in [2.75, 3.05) is 7.11 Å². The van der Waals surface area contributed by atoms with Crippen molar-refractivity contribution >= 4 is 17.4 Å². The average Bonchev–Trinajstić information content (AvgIpc) is 2.04. The van der Waals surface area contributed by atoms with E-state index in [1.165, 1.54) is 14.0 Å². The number of Topliss-reactive ketones (excluding diaryl/α,β-unsaturated/α-hetero) is 1. The van der Waals surface area contributed by atoms with Gasteiger partial charge in [-0.25, -0.2) is 0 Å². The molecule has 0 saturated heterocycles. The lowest BCUT2D eigenvalue weighted by Crippen LogP contribution is -1.97. The van der Waals surface area contributed by atoms with Crippen LogP contribution in [0.3, 0.4) is 0 Å². The van der Waals surface area contributed by atoms with Crippen LogP contribution in [0.5, 0.6) is 5.75 Å². The lowest BCUT2D eigenvalue weighted by Gasteiger charge is -2.09. The molecule has 0 saturated carbocycles. The molecule has 0 aliphatic carbocycles. The van der Waals surface area contributed by atoms with E-state index in [1.54, 1.807) is 6.07 Å². The number of ether oxygens (including phenoxy) is 1. The van der Waals surface area contributed by atoms with Crippen LogP contribution in [-0.4, -0.2) is 12.9 Å². The number of carbonyl (C=O) groups excluding carboxylic acids is 1. The van der Waals surface area contributed by atoms with Gasteiger partial charge in [0.15, 0.2) is 5.78 Å². The number of carbonyl (C=O) groups is 1. The smallest absolute Gasteiger partial charge is 0.161 e. The predicted octanol–water partition coefficient (Wildman–Crippen LogP) is 2.86. The highest BCUT2D eigenvalue weighted by Gasteiger charge is 2.12. The lowest BCUT2D eigenvalue weighted by molar-refractivity contribution is 0.101. The molecule has 0 radical (unpaired) electrons. The summed E-state index contributed by atoms with van der Waals surface area (Å²) in [4.78, 5) is 11.1. The highest BCUT2D eigenvalue weighted by molar-refractivity contribution is 6.35. The van der Waals surface area contributed by atoms with Gasteiger partial charge in [0.1, 0.15) is 5.75 Å². The molecule has 2 nitrogen and oxygen atoms in total. The number of rotatable bonds is 2. The monoisotopic (exact) mass is 198 g/mol. The van der Waals surface area contributed by atoms with Crippen LogP contribution in [-0.2, 0) is 0 Å². The first kappa shape index (κ1) is 10.1. The fraction of sp³-hybridized carbons (Fsp3) is 0.300. The Kier molecular flexibility index (Phi) is 2.94. The van der Waals surface area contributed by atoms with Crippen molar-refractivity contribution in [2.24, 2.45) is 0 Å². The van der Waals surface area contributed by atoms with E-state index in [9.17, 15) is 4.79 Å². The molecule has 0 aliphatic heterocycles. The molecule has 1 aromatic carbocycles. The van der Waals surface area contributed by atoms with Crippen LogP contribution in [0, 0.1) is 6.92 Å². The molecule has 0 amide bonds. The van der Waals surface area contributed by atoms with Gasteiger partial charge in [0.2, 0.25) is 0 Å². The molecule has 0 fully saturated rings. The van der Waals surface area contributed by atoms with Crippen molar-refractivity contribution in [3.05, 3.63) is 28.3 Å². The Morgan fingerprint density at radius 2 is 2.08 bits per heavy atom. The van der Waals surface area contributed by atoms with Crippen molar-refractivity contribution < 1.29 is 9.53 Å². The first-order valence-electron chi connectivity index (χ1n) is 3.92. The van der Waals surface area contributed by atoms with E-state index in [-0.39, 0.29) is 5.78 Å². The minimum Gasteiger partial charge on any atom is -0.495 e. The number of halogens is 1. The molecule has 1 aromatic rings. The largest absolute Gasteiger partial charge is 0.495 e. The molecule has 0 heterocycles. The minimum atomic E-state index is -0.0525. The Hall–Kier alpha value is -1.02. The van der Waals surface area contributed by atoms with E-state index in [0.717, 1.165) is 5.56 Å². The molecule has 0 aliphatic rings. The maximum Gasteiger partial charge on any atom is 0.161 e. The van der Waals surface area contributed by atoms with Crippen molar-refractivity contribution in [3.8, 4) is 5.75 Å². The third-order valence-electron chi connectivity index (χ3n) is 1.88. The van der Waals surface area contributed by atoms with Crippen molar-refractivity contribution in [1.82, 2.24) is 0 Å². The standard InChI is InChI=1S/C10H11ClO2/c1-6-4-5-8(7(2)12)9(11)10(6)13-3/h4-5H,1-3H3. The quantitative estimate of drug-likeness (QED) is 0.684. The highest BCUT2D eigenvalue weighted by Crippen LogP contribution is 2.31. The van der Waals surface area contributed by atoms with Crippen molar-refractivity contribution in [3.63, 3.8) is 0 Å². The molecule has 0 bridgehead atoms. The molecule has 0 spiro atoms. The van der Waals surface area contributed by atoms with Crippen LogP contribution >= 0.6 is 11.6 Å². The molecule has 0 unspecified atom stereocenters. The molecule has 0 aromatic heterocycles. The van der Waals surface area contributed by atoms with Gasteiger partial charge in [-0.1, -0.05) is 17.7 Å². The molecule has 0 N–H and O–H groups in total. The molecule has 13 heavy (non-hydrogen) atoms. The SMILES string of the molecule is COc1c(C)ccc(C(C)=O)c1Cl. The number of methoxy groups -OCH3 is 1. The van der Waals surface area contributed by atoms with Crippen LogP contribution in [0.1, 0.15) is 22.8 Å². The number of hydrogen-bond acceptors (Lipinski definition) is 2. The van der Waals surface area contributed by atoms with Gasteiger partial charge in [-0.15, -0.1) is 0 Å². The van der Waals surface area contributed by atoms with Crippen LogP contribution in [0.15, 0.2) is 12.1 Å². The van der Waals surface area contributed by atoms with Gasteiger partial charge in [0.05, 0.1) is 12.1 Å². The minimum absolute atomic E-state index is 0.0525. The summed E-state index contributed by atoms with van der Waals surface area (Å²) in [7, 11) is 1.54. The number of ketones is 1.